The van der Waals surface area contributed by atoms with Gasteiger partial charge in [-0.05, 0) is 76.9 Å². The molecule has 2 heterocycles. The Morgan fingerprint density at radius 2 is 0.950 bits per heavy atom. The van der Waals surface area contributed by atoms with Crippen LogP contribution in [0.2, 0.25) is 0 Å². The van der Waals surface area contributed by atoms with Gasteiger partial charge in [0.05, 0.1) is 0 Å². The number of halogens is 2. The fourth-order valence-electron chi connectivity index (χ4n) is 4.73. The number of ether oxygens (including phenoxy) is 2. The normalized spacial score (nSPS) is 22.9. The van der Waals surface area contributed by atoms with E-state index in [1.807, 2.05) is 41.5 Å². The maximum Gasteiger partial charge on any atom is 0.410 e. The van der Waals surface area contributed by atoms with E-state index in [9.17, 15) is 18.4 Å². The summed E-state index contributed by atoms with van der Waals surface area (Å²) in [7, 11) is 0. The lowest BCUT2D eigenvalue weighted by atomic mass is 9.95. The summed E-state index contributed by atoms with van der Waals surface area (Å²) < 4.78 is 36.6. The van der Waals surface area contributed by atoms with Gasteiger partial charge in [-0.1, -0.05) is 24.3 Å². The zero-order valence-corrected chi connectivity index (χ0v) is 24.2. The second-order valence-electron chi connectivity index (χ2n) is 12.4. The van der Waals surface area contributed by atoms with Gasteiger partial charge in [-0.15, -0.1) is 0 Å². The van der Waals surface area contributed by atoms with E-state index in [1.54, 1.807) is 34.1 Å². The van der Waals surface area contributed by atoms with E-state index in [1.165, 1.54) is 24.3 Å². The topological polar surface area (TPSA) is 111 Å². The van der Waals surface area contributed by atoms with Crippen LogP contribution >= 0.6 is 0 Å². The molecule has 0 spiro atoms. The largest absolute Gasteiger partial charge is 0.444 e. The highest BCUT2D eigenvalue weighted by atomic mass is 19.1. The van der Waals surface area contributed by atoms with Gasteiger partial charge in [0.25, 0.3) is 0 Å². The van der Waals surface area contributed by atoms with Gasteiger partial charge in [-0.25, -0.2) is 18.4 Å². The van der Waals surface area contributed by atoms with Crippen molar-refractivity contribution in [2.24, 2.45) is 11.5 Å². The summed E-state index contributed by atoms with van der Waals surface area (Å²) in [6.45, 7) is 12.9. The lowest BCUT2D eigenvalue weighted by Gasteiger charge is -2.24. The Labute approximate surface area is 235 Å². The fourth-order valence-corrected chi connectivity index (χ4v) is 4.73. The Hall–Kier alpha value is -3.24. The van der Waals surface area contributed by atoms with Gasteiger partial charge in [0.1, 0.15) is 22.8 Å². The number of benzene rings is 2. The van der Waals surface area contributed by atoms with Crippen LogP contribution in [-0.4, -0.2) is 71.5 Å². The number of rotatable bonds is 2. The quantitative estimate of drug-likeness (QED) is 0.536. The number of hydrogen-bond acceptors (Lipinski definition) is 6. The highest BCUT2D eigenvalue weighted by Crippen LogP contribution is 2.29. The molecule has 2 aliphatic heterocycles. The van der Waals surface area contributed by atoms with Gasteiger partial charge in [-0.3, -0.25) is 0 Å². The van der Waals surface area contributed by atoms with Gasteiger partial charge in [0.15, 0.2) is 0 Å². The molecule has 2 aromatic rings. The second-order valence-corrected chi connectivity index (χ2v) is 12.4. The summed E-state index contributed by atoms with van der Waals surface area (Å²) in [5.74, 6) is -0.514. The highest BCUT2D eigenvalue weighted by Gasteiger charge is 2.37. The molecule has 220 valence electrons. The molecule has 4 atom stereocenters. The van der Waals surface area contributed by atoms with E-state index in [4.69, 9.17) is 20.9 Å². The first-order valence-corrected chi connectivity index (χ1v) is 13.5. The van der Waals surface area contributed by atoms with Crippen molar-refractivity contribution in [3.05, 3.63) is 71.3 Å². The molecule has 10 heteroatoms. The number of nitrogens with zero attached hydrogens (tertiary/aromatic N) is 2. The molecule has 0 unspecified atom stereocenters. The third-order valence-corrected chi connectivity index (χ3v) is 6.63. The minimum Gasteiger partial charge on any atom is -0.444 e. The van der Waals surface area contributed by atoms with Crippen molar-refractivity contribution < 1.29 is 27.8 Å². The molecule has 2 fully saturated rings. The Balaban J connectivity index is 0.000000220. The van der Waals surface area contributed by atoms with Crippen LogP contribution in [0.5, 0.6) is 0 Å². The molecule has 0 saturated carbocycles. The predicted octanol–water partition coefficient (Wildman–Crippen LogP) is 4.97. The van der Waals surface area contributed by atoms with Crippen molar-refractivity contribution in [1.29, 1.82) is 0 Å². The third kappa shape index (κ3) is 8.89. The smallest absolute Gasteiger partial charge is 0.410 e. The maximum absolute atomic E-state index is 12.9. The van der Waals surface area contributed by atoms with Crippen molar-refractivity contribution >= 4 is 12.2 Å². The number of nitrogens with two attached hydrogens (primary N) is 2. The Kier molecular flexibility index (Phi) is 9.79. The molecule has 4 N–H and O–H groups in total. The van der Waals surface area contributed by atoms with Gasteiger partial charge in [0, 0.05) is 50.1 Å². The summed E-state index contributed by atoms with van der Waals surface area (Å²) in [5.41, 5.74) is 13.1. The standard InChI is InChI=1S/2C15H21FN2O2/c2*1-15(2,3)20-14(19)18-8-12(13(17)9-18)10-4-6-11(16)7-5-10/h2*4-7,12-13H,8-9,17H2,1-3H3/t2*12-,13-/m10/s1. The van der Waals surface area contributed by atoms with Gasteiger partial charge >= 0.3 is 12.2 Å². The Morgan fingerprint density at radius 1 is 0.650 bits per heavy atom. The van der Waals surface area contributed by atoms with E-state index >= 15 is 0 Å². The molecule has 2 amide bonds. The Bertz CT molecular complexity index is 1050. The van der Waals surface area contributed by atoms with Crippen molar-refractivity contribution in [3.63, 3.8) is 0 Å². The molecule has 0 aliphatic carbocycles. The van der Waals surface area contributed by atoms with Crippen LogP contribution in [0.4, 0.5) is 18.4 Å². The molecule has 0 radical (unpaired) electrons. The van der Waals surface area contributed by atoms with E-state index in [2.05, 4.69) is 0 Å². The number of hydrogen-bond donors (Lipinski definition) is 2. The number of carbonyl (C=O) groups excluding carboxylic acids is 2. The molecule has 2 aliphatic rings. The first-order valence-electron chi connectivity index (χ1n) is 13.5. The summed E-state index contributed by atoms with van der Waals surface area (Å²) >= 11 is 0. The molecule has 2 aromatic carbocycles. The number of likely N-dealkylation sites (tertiary alicyclic amines) is 2. The third-order valence-electron chi connectivity index (χ3n) is 6.63. The van der Waals surface area contributed by atoms with Crippen LogP contribution in [0.3, 0.4) is 0 Å². The van der Waals surface area contributed by atoms with Crippen LogP contribution < -0.4 is 11.5 Å². The molecule has 0 bridgehead atoms. The zero-order chi connectivity index (χ0) is 29.8. The average Bonchev–Trinajstić information content (AvgIpc) is 3.41. The molecule has 2 saturated heterocycles. The van der Waals surface area contributed by atoms with Gasteiger partial charge < -0.3 is 30.7 Å². The predicted molar refractivity (Wildman–Crippen MR) is 150 cm³/mol. The average molecular weight is 561 g/mol. The van der Waals surface area contributed by atoms with Gasteiger partial charge in [-0.2, -0.15) is 0 Å². The van der Waals surface area contributed by atoms with Crippen LogP contribution in [0.1, 0.15) is 64.5 Å². The summed E-state index contributed by atoms with van der Waals surface area (Å²) in [5, 5.41) is 0. The molecule has 0 aromatic heterocycles. The van der Waals surface area contributed by atoms with Crippen LogP contribution in [-0.2, 0) is 9.47 Å². The van der Waals surface area contributed by atoms with Crippen LogP contribution in [0, 0.1) is 11.6 Å². The van der Waals surface area contributed by atoms with Crippen LogP contribution in [0.25, 0.3) is 0 Å². The van der Waals surface area contributed by atoms with E-state index in [0.29, 0.717) is 26.2 Å². The minimum absolute atomic E-state index is 0.0168. The maximum atomic E-state index is 12.9. The first kappa shape index (κ1) is 31.3. The van der Waals surface area contributed by atoms with E-state index in [-0.39, 0.29) is 47.7 Å². The summed E-state index contributed by atoms with van der Waals surface area (Å²) in [6.07, 6.45) is -0.699. The fraction of sp³-hybridized carbons (Fsp3) is 0.533. The van der Waals surface area contributed by atoms with E-state index < -0.39 is 11.2 Å². The lowest BCUT2D eigenvalue weighted by Crippen LogP contribution is -2.36. The molecule has 8 nitrogen and oxygen atoms in total. The van der Waals surface area contributed by atoms with Crippen molar-refractivity contribution in [1.82, 2.24) is 9.80 Å². The lowest BCUT2D eigenvalue weighted by molar-refractivity contribution is 0.0280. The van der Waals surface area contributed by atoms with E-state index in [0.717, 1.165) is 11.1 Å². The van der Waals surface area contributed by atoms with Crippen molar-refractivity contribution in [2.75, 3.05) is 26.2 Å². The second kappa shape index (κ2) is 12.5. The zero-order valence-electron chi connectivity index (χ0n) is 24.2. The van der Waals surface area contributed by atoms with Crippen molar-refractivity contribution in [2.45, 2.75) is 76.7 Å². The SMILES string of the molecule is CC(C)(C)OC(=O)N1C[C@@H](N)[C@@H](c2ccc(F)cc2)C1.CC(C)(C)OC(=O)N1C[C@H](N)[C@H](c2ccc(F)cc2)C1. The molecular weight excluding hydrogens is 518 g/mol. The van der Waals surface area contributed by atoms with Gasteiger partial charge in [0.2, 0.25) is 0 Å². The monoisotopic (exact) mass is 560 g/mol. The van der Waals surface area contributed by atoms with Crippen molar-refractivity contribution in [3.8, 4) is 0 Å². The first-order chi connectivity index (χ1) is 18.5. The molecule has 4 rings (SSSR count). The number of amides is 2. The molecule has 40 heavy (non-hydrogen) atoms. The summed E-state index contributed by atoms with van der Waals surface area (Å²) in [6, 6.07) is 12.2. The highest BCUT2D eigenvalue weighted by molar-refractivity contribution is 5.69. The molecular formula is C30H42F2N4O4. The number of carbonyl (C=O) groups is 2. The Morgan fingerprint density at radius 3 is 1.23 bits per heavy atom. The summed E-state index contributed by atoms with van der Waals surface area (Å²) in [4.78, 5) is 27.3. The van der Waals surface area contributed by atoms with Crippen LogP contribution in [0.15, 0.2) is 48.5 Å². The minimum atomic E-state index is -0.519.